The Morgan fingerprint density at radius 2 is 1.94 bits per heavy atom. The third kappa shape index (κ3) is 4.54. The van der Waals surface area contributed by atoms with Gasteiger partial charge in [-0.05, 0) is 12.5 Å². The van der Waals surface area contributed by atoms with E-state index in [2.05, 4.69) is 44.2 Å². The van der Waals surface area contributed by atoms with Crippen LogP contribution in [-0.4, -0.2) is 44.1 Å². The second-order valence-corrected chi connectivity index (χ2v) is 9.29. The lowest BCUT2D eigenvalue weighted by molar-refractivity contribution is -0.122. The minimum Gasteiger partial charge on any atom is -0.423 e. The van der Waals surface area contributed by atoms with Gasteiger partial charge >= 0.3 is 0 Å². The first kappa shape index (κ1) is 21.2. The zero-order valence-corrected chi connectivity index (χ0v) is 18.8. The summed E-state index contributed by atoms with van der Waals surface area (Å²) >= 11 is 0. The van der Waals surface area contributed by atoms with Crippen molar-refractivity contribution < 1.29 is 9.21 Å². The molecule has 0 bridgehead atoms. The minimum atomic E-state index is -0.379. The highest BCUT2D eigenvalue weighted by atomic mass is 16.4. The standard InChI is InChI=1S/C23H30N6O2/c1-15-26-27-22(31-15)20(23(2,3)4)25-19(30)13-17-18-14-28(5)11-12-29(18)21(24-17)16-9-7-6-8-10-16/h6-10,20H,11-14H2,1-5H3,(H,25,30)/t20-/m1/s1. The fourth-order valence-electron chi connectivity index (χ4n) is 3.95. The Hall–Kier alpha value is -3.00. The Bertz CT molecular complexity index is 1060. The number of nitrogens with zero attached hydrogens (tertiary/aromatic N) is 5. The van der Waals surface area contributed by atoms with E-state index in [-0.39, 0.29) is 23.8 Å². The molecule has 31 heavy (non-hydrogen) atoms. The molecule has 8 heteroatoms. The highest BCUT2D eigenvalue weighted by Gasteiger charge is 2.33. The highest BCUT2D eigenvalue weighted by Crippen LogP contribution is 2.32. The third-order valence-corrected chi connectivity index (χ3v) is 5.60. The van der Waals surface area contributed by atoms with Gasteiger partial charge < -0.3 is 14.3 Å². The number of hydrogen-bond donors (Lipinski definition) is 1. The Morgan fingerprint density at radius 1 is 1.19 bits per heavy atom. The van der Waals surface area contributed by atoms with E-state index in [1.165, 1.54) is 0 Å². The molecule has 0 fully saturated rings. The van der Waals surface area contributed by atoms with Crippen LogP contribution in [0, 0.1) is 12.3 Å². The second-order valence-electron chi connectivity index (χ2n) is 9.29. The molecule has 2 aromatic heterocycles. The van der Waals surface area contributed by atoms with Gasteiger partial charge in [0.2, 0.25) is 17.7 Å². The topological polar surface area (TPSA) is 89.1 Å². The molecule has 0 aliphatic carbocycles. The molecule has 0 saturated carbocycles. The quantitative estimate of drug-likeness (QED) is 0.680. The maximum atomic E-state index is 13.1. The molecule has 0 saturated heterocycles. The smallest absolute Gasteiger partial charge is 0.239 e. The monoisotopic (exact) mass is 422 g/mol. The second kappa shape index (κ2) is 8.26. The summed E-state index contributed by atoms with van der Waals surface area (Å²) in [6, 6.07) is 9.77. The van der Waals surface area contributed by atoms with Gasteiger partial charge in [0.05, 0.1) is 17.8 Å². The molecule has 4 rings (SSSR count). The van der Waals surface area contributed by atoms with Crippen molar-refractivity contribution in [3.8, 4) is 11.4 Å². The first-order valence-electron chi connectivity index (χ1n) is 10.6. The number of fused-ring (bicyclic) bond motifs is 1. The van der Waals surface area contributed by atoms with Gasteiger partial charge in [-0.1, -0.05) is 51.1 Å². The van der Waals surface area contributed by atoms with Crippen molar-refractivity contribution >= 4 is 5.91 Å². The fourth-order valence-corrected chi connectivity index (χ4v) is 3.95. The molecule has 1 N–H and O–H groups in total. The van der Waals surface area contributed by atoms with Crippen LogP contribution in [0.25, 0.3) is 11.4 Å². The highest BCUT2D eigenvalue weighted by molar-refractivity contribution is 5.79. The maximum absolute atomic E-state index is 13.1. The number of aromatic nitrogens is 4. The Kier molecular flexibility index (Phi) is 5.66. The first-order chi connectivity index (χ1) is 14.7. The zero-order valence-electron chi connectivity index (χ0n) is 18.8. The number of nitrogens with one attached hydrogen (secondary N) is 1. The molecule has 1 aliphatic rings. The van der Waals surface area contributed by atoms with E-state index in [0.717, 1.165) is 42.4 Å². The van der Waals surface area contributed by atoms with Gasteiger partial charge in [0.25, 0.3) is 0 Å². The molecule has 1 amide bonds. The molecule has 3 aromatic rings. The SMILES string of the molecule is Cc1nnc([C@@H](NC(=O)Cc2nc(-c3ccccc3)n3c2CN(C)CC3)C(C)(C)C)o1. The van der Waals surface area contributed by atoms with E-state index >= 15 is 0 Å². The van der Waals surface area contributed by atoms with Crippen molar-refractivity contribution in [3.05, 3.63) is 53.5 Å². The van der Waals surface area contributed by atoms with Gasteiger partial charge in [0.1, 0.15) is 11.9 Å². The summed E-state index contributed by atoms with van der Waals surface area (Å²) in [4.78, 5) is 20.3. The van der Waals surface area contributed by atoms with Crippen LogP contribution < -0.4 is 5.32 Å². The Labute approximate surface area is 182 Å². The Morgan fingerprint density at radius 3 is 2.58 bits per heavy atom. The number of imidazole rings is 1. The number of benzene rings is 1. The predicted molar refractivity (Wildman–Crippen MR) is 117 cm³/mol. The van der Waals surface area contributed by atoms with Crippen LogP contribution in [-0.2, 0) is 24.3 Å². The molecule has 8 nitrogen and oxygen atoms in total. The predicted octanol–water partition coefficient (Wildman–Crippen LogP) is 3.13. The van der Waals surface area contributed by atoms with Crippen LogP contribution in [0.3, 0.4) is 0 Å². The lowest BCUT2D eigenvalue weighted by Crippen LogP contribution is -2.38. The molecule has 1 aromatic carbocycles. The molecule has 1 atom stereocenters. The first-order valence-corrected chi connectivity index (χ1v) is 10.6. The normalized spacial score (nSPS) is 15.5. The lowest BCUT2D eigenvalue weighted by atomic mass is 9.86. The number of amides is 1. The lowest BCUT2D eigenvalue weighted by Gasteiger charge is -2.28. The average Bonchev–Trinajstić information content (AvgIpc) is 3.29. The molecule has 0 unspecified atom stereocenters. The molecule has 0 spiro atoms. The van der Waals surface area contributed by atoms with Gasteiger partial charge in [-0.3, -0.25) is 9.69 Å². The van der Waals surface area contributed by atoms with E-state index in [0.29, 0.717) is 11.8 Å². The summed E-state index contributed by atoms with van der Waals surface area (Å²) in [6.45, 7) is 10.5. The van der Waals surface area contributed by atoms with Crippen LogP contribution in [0.15, 0.2) is 34.7 Å². The fraction of sp³-hybridized carbons (Fsp3) is 0.478. The van der Waals surface area contributed by atoms with Gasteiger partial charge in [-0.2, -0.15) is 0 Å². The summed E-state index contributed by atoms with van der Waals surface area (Å²) in [7, 11) is 2.09. The van der Waals surface area contributed by atoms with Crippen LogP contribution in [0.5, 0.6) is 0 Å². The minimum absolute atomic E-state index is 0.107. The maximum Gasteiger partial charge on any atom is 0.239 e. The largest absolute Gasteiger partial charge is 0.423 e. The van der Waals surface area contributed by atoms with Crippen LogP contribution >= 0.6 is 0 Å². The van der Waals surface area contributed by atoms with Crippen LogP contribution in [0.2, 0.25) is 0 Å². The molecular weight excluding hydrogens is 392 g/mol. The van der Waals surface area contributed by atoms with Crippen molar-refractivity contribution in [1.29, 1.82) is 0 Å². The van der Waals surface area contributed by atoms with E-state index in [4.69, 9.17) is 9.40 Å². The van der Waals surface area contributed by atoms with Crippen molar-refractivity contribution in [2.24, 2.45) is 5.41 Å². The number of likely N-dealkylation sites (N-methyl/N-ethyl adjacent to an activating group) is 1. The summed E-state index contributed by atoms with van der Waals surface area (Å²) in [5.74, 6) is 1.73. The van der Waals surface area contributed by atoms with Gasteiger partial charge in [-0.25, -0.2) is 4.98 Å². The summed E-state index contributed by atoms with van der Waals surface area (Å²) in [5, 5.41) is 11.2. The molecule has 3 heterocycles. The molecule has 164 valence electrons. The van der Waals surface area contributed by atoms with Gasteiger partial charge in [-0.15, -0.1) is 10.2 Å². The summed E-state index contributed by atoms with van der Waals surface area (Å²) in [5.41, 5.74) is 2.70. The van der Waals surface area contributed by atoms with E-state index in [9.17, 15) is 4.79 Å². The van der Waals surface area contributed by atoms with Crippen molar-refractivity contribution in [2.75, 3.05) is 13.6 Å². The van der Waals surface area contributed by atoms with Gasteiger partial charge in [0.15, 0.2) is 0 Å². The number of hydrogen-bond acceptors (Lipinski definition) is 6. The number of aryl methyl sites for hydroxylation is 1. The Balaban J connectivity index is 1.61. The number of rotatable bonds is 5. The van der Waals surface area contributed by atoms with Gasteiger partial charge in [0, 0.05) is 32.1 Å². The van der Waals surface area contributed by atoms with E-state index in [1.54, 1.807) is 6.92 Å². The van der Waals surface area contributed by atoms with Crippen molar-refractivity contribution in [1.82, 2.24) is 30.0 Å². The molecule has 1 aliphatic heterocycles. The number of carbonyl (C=O) groups is 1. The van der Waals surface area contributed by atoms with Crippen molar-refractivity contribution in [2.45, 2.75) is 53.2 Å². The van der Waals surface area contributed by atoms with E-state index in [1.807, 2.05) is 39.0 Å². The van der Waals surface area contributed by atoms with Crippen LogP contribution in [0.4, 0.5) is 0 Å². The zero-order chi connectivity index (χ0) is 22.2. The van der Waals surface area contributed by atoms with E-state index < -0.39 is 0 Å². The average molecular weight is 423 g/mol. The van der Waals surface area contributed by atoms with Crippen LogP contribution in [0.1, 0.15) is 50.0 Å². The summed E-state index contributed by atoms with van der Waals surface area (Å²) in [6.07, 6.45) is 0.204. The number of carbonyl (C=O) groups excluding carboxylic acids is 1. The molecular formula is C23H30N6O2. The third-order valence-electron chi connectivity index (χ3n) is 5.60. The molecule has 0 radical (unpaired) electrons. The summed E-state index contributed by atoms with van der Waals surface area (Å²) < 4.78 is 7.88. The van der Waals surface area contributed by atoms with Crippen molar-refractivity contribution in [3.63, 3.8) is 0 Å².